The minimum absolute atomic E-state index is 0.0894. The third-order valence-corrected chi connectivity index (χ3v) is 11.9. The van der Waals surface area contributed by atoms with Gasteiger partial charge in [-0.15, -0.1) is 14.9 Å². The maximum Gasteiger partial charge on any atom is 0.299 e. The zero-order chi connectivity index (χ0) is 30.4. The number of aromatic nitrogens is 4. The van der Waals surface area contributed by atoms with E-state index in [1.807, 2.05) is 0 Å². The molecule has 5 rings (SSSR count). The molecule has 1 N–H and O–H groups in total. The number of fused-ring (bicyclic) bond motifs is 1. The molecule has 226 valence electrons. The topological polar surface area (TPSA) is 141 Å². The minimum atomic E-state index is -4.19. The molecular formula is C25H29F2N7O5S3. The van der Waals surface area contributed by atoms with Gasteiger partial charge >= 0.3 is 0 Å². The first-order chi connectivity index (χ1) is 19.8. The average Bonchev–Trinajstić information content (AvgIpc) is 3.37. The summed E-state index contributed by atoms with van der Waals surface area (Å²) in [5, 5.41) is 11.5. The molecule has 1 aliphatic heterocycles. The van der Waals surface area contributed by atoms with Gasteiger partial charge in [-0.05, 0) is 38.0 Å². The zero-order valence-electron chi connectivity index (χ0n) is 23.0. The Kier molecular flexibility index (Phi) is 8.24. The van der Waals surface area contributed by atoms with Gasteiger partial charge in [0.25, 0.3) is 12.1 Å². The SMILES string of the molecule is [C-]#[N+]C1(NS(=O)(=O)c2cc(C3=CCN(S(=O)(=O)C(C)C)CC3)c3c(c2)c(-c2nnc(C(F)F)s2)nn3CCOC)CC1. The molecule has 0 unspecified atom stereocenters. The van der Waals surface area contributed by atoms with Crippen molar-refractivity contribution in [3.63, 3.8) is 0 Å². The van der Waals surface area contributed by atoms with Gasteiger partial charge in [0.2, 0.25) is 20.0 Å². The number of hydrogen-bond donors (Lipinski definition) is 1. The van der Waals surface area contributed by atoms with E-state index in [9.17, 15) is 25.6 Å². The standard InChI is InChI=1S/C25H29F2N7O5S3/c1-15(2)42(37,38)33-9-5-16(6-10-33)18-13-17(41(35,36)32-25(28-3)7-8-25)14-19-20(23-29-30-24(40-23)22(26)27)31-34(21(18)19)11-12-39-4/h5,13-15,22,32H,6-12H2,1-2,4H3. The van der Waals surface area contributed by atoms with Crippen molar-refractivity contribution < 1.29 is 30.4 Å². The molecule has 0 bridgehead atoms. The van der Waals surface area contributed by atoms with Gasteiger partial charge in [0.05, 0.1) is 41.7 Å². The second-order valence-corrected chi connectivity index (χ2v) is 15.5. The Hall–Kier alpha value is -2.88. The second-order valence-electron chi connectivity index (χ2n) is 10.4. The lowest BCUT2D eigenvalue weighted by Gasteiger charge is -2.28. The van der Waals surface area contributed by atoms with Gasteiger partial charge in [0.1, 0.15) is 5.69 Å². The van der Waals surface area contributed by atoms with Crippen molar-refractivity contribution in [1.82, 2.24) is 29.0 Å². The van der Waals surface area contributed by atoms with Crippen molar-refractivity contribution in [1.29, 1.82) is 0 Å². The highest BCUT2D eigenvalue weighted by atomic mass is 32.2. The highest BCUT2D eigenvalue weighted by Gasteiger charge is 2.54. The Morgan fingerprint density at radius 2 is 1.95 bits per heavy atom. The van der Waals surface area contributed by atoms with Gasteiger partial charge in [-0.25, -0.2) is 32.2 Å². The van der Waals surface area contributed by atoms with E-state index in [1.165, 1.54) is 23.5 Å². The van der Waals surface area contributed by atoms with E-state index < -0.39 is 42.4 Å². The van der Waals surface area contributed by atoms with E-state index in [1.54, 1.807) is 24.6 Å². The van der Waals surface area contributed by atoms with Crippen molar-refractivity contribution in [3.8, 4) is 10.7 Å². The van der Waals surface area contributed by atoms with Crippen LogP contribution in [-0.2, 0) is 31.3 Å². The molecule has 0 spiro atoms. The van der Waals surface area contributed by atoms with Gasteiger partial charge < -0.3 is 4.74 Å². The fourth-order valence-electron chi connectivity index (χ4n) is 4.70. The number of nitrogens with one attached hydrogen (secondary N) is 1. The molecule has 0 radical (unpaired) electrons. The predicted octanol–water partition coefficient (Wildman–Crippen LogP) is 3.65. The number of sulfonamides is 2. The van der Waals surface area contributed by atoms with Gasteiger partial charge in [-0.3, -0.25) is 9.53 Å². The zero-order valence-corrected chi connectivity index (χ0v) is 25.5. The molecule has 0 amide bonds. The highest BCUT2D eigenvalue weighted by molar-refractivity contribution is 7.89. The molecule has 0 saturated heterocycles. The fourth-order valence-corrected chi connectivity index (χ4v) is 8.03. The summed E-state index contributed by atoms with van der Waals surface area (Å²) < 4.78 is 90.2. The van der Waals surface area contributed by atoms with Crippen LogP contribution in [-0.4, -0.2) is 78.8 Å². The molecule has 1 saturated carbocycles. The number of hydrogen-bond acceptors (Lipinski definition) is 9. The predicted molar refractivity (Wildman–Crippen MR) is 153 cm³/mol. The Morgan fingerprint density at radius 1 is 1.21 bits per heavy atom. The van der Waals surface area contributed by atoms with Crippen molar-refractivity contribution in [2.24, 2.45) is 0 Å². The average molecular weight is 642 g/mol. The Bertz CT molecular complexity index is 1810. The Labute approximate surface area is 246 Å². The largest absolute Gasteiger partial charge is 0.383 e. The number of nitrogens with zero attached hydrogens (tertiary/aromatic N) is 6. The molecular weight excluding hydrogens is 613 g/mol. The molecule has 1 aliphatic carbocycles. The van der Waals surface area contributed by atoms with E-state index in [2.05, 4.69) is 24.9 Å². The smallest absolute Gasteiger partial charge is 0.299 e. The quantitative estimate of drug-likeness (QED) is 0.313. The lowest BCUT2D eigenvalue weighted by atomic mass is 9.97. The number of alkyl halides is 2. The van der Waals surface area contributed by atoms with Crippen LogP contribution in [0.2, 0.25) is 0 Å². The van der Waals surface area contributed by atoms with Crippen LogP contribution in [0.3, 0.4) is 0 Å². The molecule has 2 aliphatic rings. The third kappa shape index (κ3) is 5.71. The summed E-state index contributed by atoms with van der Waals surface area (Å²) in [5.74, 6) is 0. The van der Waals surface area contributed by atoms with Crippen LogP contribution in [0.15, 0.2) is 23.1 Å². The van der Waals surface area contributed by atoms with Crippen molar-refractivity contribution >= 4 is 47.9 Å². The summed E-state index contributed by atoms with van der Waals surface area (Å²) in [4.78, 5) is 3.32. The van der Waals surface area contributed by atoms with Crippen LogP contribution < -0.4 is 4.72 Å². The lowest BCUT2D eigenvalue weighted by Crippen LogP contribution is -2.39. The number of benzene rings is 1. The first kappa shape index (κ1) is 30.6. The molecule has 3 heterocycles. The molecule has 1 aromatic carbocycles. The summed E-state index contributed by atoms with van der Waals surface area (Å²) in [6.45, 7) is 11.4. The van der Waals surface area contributed by atoms with Crippen LogP contribution in [0.5, 0.6) is 0 Å². The molecule has 1 fully saturated rings. The molecule has 2 aromatic heterocycles. The van der Waals surface area contributed by atoms with Crippen molar-refractivity contribution in [2.75, 3.05) is 26.8 Å². The second kappa shape index (κ2) is 11.3. The highest BCUT2D eigenvalue weighted by Crippen LogP contribution is 2.41. The van der Waals surface area contributed by atoms with Crippen molar-refractivity contribution in [3.05, 3.63) is 40.2 Å². The van der Waals surface area contributed by atoms with Crippen LogP contribution >= 0.6 is 11.3 Å². The summed E-state index contributed by atoms with van der Waals surface area (Å²) in [5.41, 5.74) is 0.702. The Morgan fingerprint density at radius 3 is 2.50 bits per heavy atom. The monoisotopic (exact) mass is 641 g/mol. The normalized spacial score (nSPS) is 17.6. The van der Waals surface area contributed by atoms with E-state index in [0.29, 0.717) is 52.6 Å². The summed E-state index contributed by atoms with van der Waals surface area (Å²) in [6, 6.07) is 2.89. The number of methoxy groups -OCH3 is 1. The maximum atomic E-state index is 13.6. The Balaban J connectivity index is 1.72. The number of halogens is 2. The van der Waals surface area contributed by atoms with Gasteiger partial charge in [-0.1, -0.05) is 17.4 Å². The number of rotatable bonds is 11. The van der Waals surface area contributed by atoms with E-state index in [0.717, 1.165) is 0 Å². The summed E-state index contributed by atoms with van der Waals surface area (Å²) in [6.07, 6.45) is -0.0239. The molecule has 12 nitrogen and oxygen atoms in total. The van der Waals surface area contributed by atoms with Crippen molar-refractivity contribution in [2.45, 2.75) is 61.9 Å². The first-order valence-electron chi connectivity index (χ1n) is 13.1. The molecule has 3 aromatic rings. The van der Waals surface area contributed by atoms with E-state index in [-0.39, 0.29) is 41.8 Å². The molecule has 42 heavy (non-hydrogen) atoms. The van der Waals surface area contributed by atoms with Gasteiger partial charge in [0, 0.05) is 31.1 Å². The fraction of sp³-hybridized carbons (Fsp3) is 0.520. The van der Waals surface area contributed by atoms with Gasteiger partial charge in [0.15, 0.2) is 10.0 Å². The van der Waals surface area contributed by atoms with Crippen LogP contribution in [0.25, 0.3) is 32.0 Å². The third-order valence-electron chi connectivity index (χ3n) is 7.20. The van der Waals surface area contributed by atoms with Crippen LogP contribution in [0.1, 0.15) is 50.1 Å². The maximum absolute atomic E-state index is 13.6. The van der Waals surface area contributed by atoms with Gasteiger partial charge in [-0.2, -0.15) is 9.40 Å². The lowest BCUT2D eigenvalue weighted by molar-refractivity contribution is 0.150. The van der Waals surface area contributed by atoms with E-state index >= 15 is 0 Å². The summed E-state index contributed by atoms with van der Waals surface area (Å²) >= 11 is 0.658. The van der Waals surface area contributed by atoms with E-state index in [4.69, 9.17) is 11.3 Å². The molecule has 0 atom stereocenters. The first-order valence-corrected chi connectivity index (χ1v) is 16.9. The minimum Gasteiger partial charge on any atom is -0.383 e. The number of ether oxygens (including phenoxy) is 1. The summed E-state index contributed by atoms with van der Waals surface area (Å²) in [7, 11) is -6.18. The molecule has 17 heteroatoms. The van der Waals surface area contributed by atoms with Crippen LogP contribution in [0, 0.1) is 6.57 Å². The van der Waals surface area contributed by atoms with Crippen LogP contribution in [0.4, 0.5) is 8.78 Å².